The molecular formula is C10H19F3N2O2. The van der Waals surface area contributed by atoms with E-state index in [2.05, 4.69) is 5.32 Å². The molecule has 0 fully saturated rings. The summed E-state index contributed by atoms with van der Waals surface area (Å²) in [5, 5.41) is 13.3. The van der Waals surface area contributed by atoms with Crippen LogP contribution < -0.4 is 10.6 Å². The number of amides is 1. The average molecular weight is 256 g/mol. The first kappa shape index (κ1) is 16.2. The van der Waals surface area contributed by atoms with Gasteiger partial charge in [-0.3, -0.25) is 4.79 Å². The highest BCUT2D eigenvalue weighted by atomic mass is 19.4. The molecule has 0 aliphatic rings. The van der Waals surface area contributed by atoms with E-state index in [-0.39, 0.29) is 18.6 Å². The molecule has 0 unspecified atom stereocenters. The fourth-order valence-electron chi connectivity index (χ4n) is 1.17. The van der Waals surface area contributed by atoms with Crippen LogP contribution in [0.2, 0.25) is 0 Å². The molecular weight excluding hydrogens is 237 g/mol. The van der Waals surface area contributed by atoms with E-state index in [0.29, 0.717) is 13.0 Å². The van der Waals surface area contributed by atoms with Gasteiger partial charge in [-0.25, -0.2) is 0 Å². The SMILES string of the molecule is CC(C)(CCO)CNCC(=O)NCC(F)(F)F. The highest BCUT2D eigenvalue weighted by molar-refractivity contribution is 5.77. The molecule has 0 radical (unpaired) electrons. The Bertz CT molecular complexity index is 242. The number of aliphatic hydroxyl groups is 1. The van der Waals surface area contributed by atoms with Gasteiger partial charge in [-0.15, -0.1) is 0 Å². The normalized spacial score (nSPS) is 12.6. The summed E-state index contributed by atoms with van der Waals surface area (Å²) < 4.78 is 35.3. The maximum absolute atomic E-state index is 11.8. The minimum absolute atomic E-state index is 0.0367. The lowest BCUT2D eigenvalue weighted by Crippen LogP contribution is -2.41. The Morgan fingerprint density at radius 1 is 1.24 bits per heavy atom. The minimum Gasteiger partial charge on any atom is -0.396 e. The van der Waals surface area contributed by atoms with Gasteiger partial charge in [-0.05, 0) is 11.8 Å². The average Bonchev–Trinajstić information content (AvgIpc) is 2.13. The lowest BCUT2D eigenvalue weighted by molar-refractivity contribution is -0.137. The second-order valence-corrected chi connectivity index (χ2v) is 4.63. The summed E-state index contributed by atoms with van der Waals surface area (Å²) in [5.74, 6) is -0.692. The summed E-state index contributed by atoms with van der Waals surface area (Å²) in [6.45, 7) is 2.80. The minimum atomic E-state index is -4.38. The predicted molar refractivity (Wildman–Crippen MR) is 57.4 cm³/mol. The third kappa shape index (κ3) is 10.1. The molecule has 0 aliphatic heterocycles. The summed E-state index contributed by atoms with van der Waals surface area (Å²) in [7, 11) is 0. The molecule has 0 spiro atoms. The van der Waals surface area contributed by atoms with Crippen LogP contribution in [0.4, 0.5) is 13.2 Å². The van der Waals surface area contributed by atoms with Crippen molar-refractivity contribution in [2.24, 2.45) is 5.41 Å². The van der Waals surface area contributed by atoms with Crippen molar-refractivity contribution in [1.29, 1.82) is 0 Å². The zero-order valence-corrected chi connectivity index (χ0v) is 10.0. The van der Waals surface area contributed by atoms with Crippen molar-refractivity contribution in [3.63, 3.8) is 0 Å². The van der Waals surface area contributed by atoms with Gasteiger partial charge in [-0.1, -0.05) is 13.8 Å². The Kier molecular flexibility index (Phi) is 6.48. The lowest BCUT2D eigenvalue weighted by Gasteiger charge is -2.23. The highest BCUT2D eigenvalue weighted by Crippen LogP contribution is 2.17. The van der Waals surface area contributed by atoms with E-state index in [9.17, 15) is 18.0 Å². The van der Waals surface area contributed by atoms with Gasteiger partial charge in [-0.2, -0.15) is 13.2 Å². The Balaban J connectivity index is 3.72. The zero-order chi connectivity index (χ0) is 13.5. The van der Waals surface area contributed by atoms with Crippen LogP contribution in [0.3, 0.4) is 0 Å². The quantitative estimate of drug-likeness (QED) is 0.627. The van der Waals surface area contributed by atoms with Gasteiger partial charge in [0.25, 0.3) is 0 Å². The molecule has 0 aliphatic carbocycles. The zero-order valence-electron chi connectivity index (χ0n) is 10.0. The Morgan fingerprint density at radius 3 is 2.29 bits per heavy atom. The maximum Gasteiger partial charge on any atom is 0.405 e. The van der Waals surface area contributed by atoms with Crippen molar-refractivity contribution in [3.05, 3.63) is 0 Å². The molecule has 102 valence electrons. The lowest BCUT2D eigenvalue weighted by atomic mass is 9.90. The second kappa shape index (κ2) is 6.80. The highest BCUT2D eigenvalue weighted by Gasteiger charge is 2.27. The molecule has 0 aromatic heterocycles. The third-order valence-corrected chi connectivity index (χ3v) is 2.16. The first-order chi connectivity index (χ1) is 7.66. The van der Waals surface area contributed by atoms with Gasteiger partial charge >= 0.3 is 6.18 Å². The molecule has 7 heteroatoms. The van der Waals surface area contributed by atoms with E-state index in [1.165, 1.54) is 0 Å². The van der Waals surface area contributed by atoms with Crippen LogP contribution in [-0.2, 0) is 4.79 Å². The monoisotopic (exact) mass is 256 g/mol. The van der Waals surface area contributed by atoms with Crippen molar-refractivity contribution < 1.29 is 23.1 Å². The number of carbonyl (C=O) groups is 1. The molecule has 0 aromatic rings. The van der Waals surface area contributed by atoms with Gasteiger partial charge in [0, 0.05) is 13.2 Å². The van der Waals surface area contributed by atoms with E-state index in [0.717, 1.165) is 0 Å². The third-order valence-electron chi connectivity index (χ3n) is 2.16. The number of hydrogen-bond donors (Lipinski definition) is 3. The number of aliphatic hydroxyl groups excluding tert-OH is 1. The summed E-state index contributed by atoms with van der Waals surface area (Å²) in [5.41, 5.74) is -0.195. The Hall–Kier alpha value is -0.820. The molecule has 1 amide bonds. The largest absolute Gasteiger partial charge is 0.405 e. The smallest absolute Gasteiger partial charge is 0.396 e. The summed E-state index contributed by atoms with van der Waals surface area (Å²) in [4.78, 5) is 11.0. The van der Waals surface area contributed by atoms with Gasteiger partial charge in [0.2, 0.25) is 5.91 Å². The molecule has 0 saturated carbocycles. The Labute approximate surface area is 98.6 Å². The van der Waals surface area contributed by atoms with Crippen LogP contribution >= 0.6 is 0 Å². The molecule has 0 aromatic carbocycles. The van der Waals surface area contributed by atoms with Crippen LogP contribution in [0.1, 0.15) is 20.3 Å². The number of hydrogen-bond acceptors (Lipinski definition) is 3. The van der Waals surface area contributed by atoms with Crippen LogP contribution in [0.15, 0.2) is 0 Å². The summed E-state index contributed by atoms with van der Waals surface area (Å²) >= 11 is 0. The molecule has 0 atom stereocenters. The summed E-state index contributed by atoms with van der Waals surface area (Å²) in [6, 6.07) is 0. The van der Waals surface area contributed by atoms with Crippen LogP contribution in [0, 0.1) is 5.41 Å². The number of rotatable bonds is 7. The number of nitrogens with one attached hydrogen (secondary N) is 2. The maximum atomic E-state index is 11.8. The predicted octanol–water partition coefficient (Wildman–Crippen LogP) is 0.663. The van der Waals surface area contributed by atoms with Gasteiger partial charge < -0.3 is 15.7 Å². The number of carbonyl (C=O) groups excluding carboxylic acids is 1. The van der Waals surface area contributed by atoms with Gasteiger partial charge in [0.1, 0.15) is 6.54 Å². The van der Waals surface area contributed by atoms with Crippen LogP contribution in [-0.4, -0.2) is 43.4 Å². The van der Waals surface area contributed by atoms with Gasteiger partial charge in [0.15, 0.2) is 0 Å². The van der Waals surface area contributed by atoms with Crippen molar-refractivity contribution in [2.75, 3.05) is 26.2 Å². The van der Waals surface area contributed by atoms with Crippen molar-refractivity contribution >= 4 is 5.91 Å². The second-order valence-electron chi connectivity index (χ2n) is 4.63. The van der Waals surface area contributed by atoms with E-state index >= 15 is 0 Å². The van der Waals surface area contributed by atoms with Crippen molar-refractivity contribution in [1.82, 2.24) is 10.6 Å². The van der Waals surface area contributed by atoms with Crippen molar-refractivity contribution in [2.45, 2.75) is 26.4 Å². The van der Waals surface area contributed by atoms with Crippen molar-refractivity contribution in [3.8, 4) is 0 Å². The first-order valence-corrected chi connectivity index (χ1v) is 5.31. The number of halogens is 3. The molecule has 0 saturated heterocycles. The topological polar surface area (TPSA) is 61.4 Å². The van der Waals surface area contributed by atoms with Gasteiger partial charge in [0.05, 0.1) is 6.54 Å². The summed E-state index contributed by atoms with van der Waals surface area (Å²) in [6.07, 6.45) is -3.82. The molecule has 3 N–H and O–H groups in total. The van der Waals surface area contributed by atoms with E-state index in [1.54, 1.807) is 5.32 Å². The van der Waals surface area contributed by atoms with E-state index < -0.39 is 18.6 Å². The first-order valence-electron chi connectivity index (χ1n) is 5.31. The molecule has 0 bridgehead atoms. The van der Waals surface area contributed by atoms with Crippen LogP contribution in [0.5, 0.6) is 0 Å². The molecule has 0 heterocycles. The number of alkyl halides is 3. The molecule has 17 heavy (non-hydrogen) atoms. The fraction of sp³-hybridized carbons (Fsp3) is 0.900. The Morgan fingerprint density at radius 2 is 1.82 bits per heavy atom. The fourth-order valence-corrected chi connectivity index (χ4v) is 1.17. The standard InChI is InChI=1S/C10H19F3N2O2/c1-9(2,3-4-16)6-14-5-8(17)15-7-10(11,12)13/h14,16H,3-7H2,1-2H3,(H,15,17). The van der Waals surface area contributed by atoms with E-state index in [4.69, 9.17) is 5.11 Å². The molecule has 0 rings (SSSR count). The van der Waals surface area contributed by atoms with Crippen LogP contribution in [0.25, 0.3) is 0 Å². The molecule has 4 nitrogen and oxygen atoms in total. The van der Waals surface area contributed by atoms with E-state index in [1.807, 2.05) is 13.8 Å².